The number of hydrogen-bond acceptors (Lipinski definition) is 4. The summed E-state index contributed by atoms with van der Waals surface area (Å²) in [6.07, 6.45) is 1.37. The third kappa shape index (κ3) is 3.79. The quantitative estimate of drug-likeness (QED) is 0.862. The van der Waals surface area contributed by atoms with Gasteiger partial charge in [-0.1, -0.05) is 15.9 Å². The molecule has 1 heterocycles. The number of nitrogens with zero attached hydrogens (tertiary/aromatic N) is 1. The van der Waals surface area contributed by atoms with Crippen LogP contribution in [0, 0.1) is 0 Å². The van der Waals surface area contributed by atoms with Crippen molar-refractivity contribution in [1.29, 1.82) is 0 Å². The van der Waals surface area contributed by atoms with Gasteiger partial charge in [0, 0.05) is 17.6 Å². The molecule has 1 aromatic carbocycles. The number of sulfonamides is 1. The molecule has 0 amide bonds. The van der Waals surface area contributed by atoms with Crippen LogP contribution in [0.15, 0.2) is 33.6 Å². The van der Waals surface area contributed by atoms with Gasteiger partial charge in [0.2, 0.25) is 10.0 Å². The summed E-state index contributed by atoms with van der Waals surface area (Å²) in [4.78, 5) is 0.315. The maximum atomic E-state index is 12.4. The number of aliphatic hydroxyl groups is 1. The van der Waals surface area contributed by atoms with E-state index in [0.29, 0.717) is 37.4 Å². The van der Waals surface area contributed by atoms with Crippen molar-refractivity contribution in [1.82, 2.24) is 4.31 Å². The van der Waals surface area contributed by atoms with Gasteiger partial charge in [0.05, 0.1) is 24.2 Å². The summed E-state index contributed by atoms with van der Waals surface area (Å²) >= 11 is 3.29. The van der Waals surface area contributed by atoms with Gasteiger partial charge in [-0.15, -0.1) is 0 Å². The minimum atomic E-state index is -3.42. The van der Waals surface area contributed by atoms with Crippen LogP contribution in [-0.2, 0) is 14.8 Å². The number of ether oxygens (including phenoxy) is 1. The van der Waals surface area contributed by atoms with Crippen LogP contribution >= 0.6 is 15.9 Å². The second-order valence-electron chi connectivity index (χ2n) is 4.65. The Hall–Kier alpha value is -0.470. The summed E-state index contributed by atoms with van der Waals surface area (Å²) in [5.41, 5.74) is 0. The van der Waals surface area contributed by atoms with Crippen molar-refractivity contribution >= 4 is 26.0 Å². The molecular formula is C13H18BrNO4S. The monoisotopic (exact) mass is 363 g/mol. The number of benzene rings is 1. The van der Waals surface area contributed by atoms with Crippen LogP contribution < -0.4 is 0 Å². The highest BCUT2D eigenvalue weighted by Gasteiger charge is 2.29. The fourth-order valence-electron chi connectivity index (χ4n) is 2.21. The third-order valence-electron chi connectivity index (χ3n) is 3.30. The second kappa shape index (κ2) is 7.00. The minimum Gasteiger partial charge on any atom is -0.394 e. The zero-order valence-corrected chi connectivity index (χ0v) is 13.4. The van der Waals surface area contributed by atoms with Crippen molar-refractivity contribution in [3.05, 3.63) is 28.7 Å². The molecule has 1 aliphatic heterocycles. The molecule has 0 radical (unpaired) electrons. The van der Waals surface area contributed by atoms with Crippen LogP contribution in [0.4, 0.5) is 0 Å². The van der Waals surface area contributed by atoms with Gasteiger partial charge in [-0.2, -0.15) is 4.31 Å². The maximum absolute atomic E-state index is 12.4. The van der Waals surface area contributed by atoms with Gasteiger partial charge in [0.15, 0.2) is 0 Å². The molecule has 1 aliphatic rings. The topological polar surface area (TPSA) is 66.8 Å². The first-order chi connectivity index (χ1) is 9.54. The summed E-state index contributed by atoms with van der Waals surface area (Å²) < 4.78 is 32.7. The molecule has 0 bridgehead atoms. The van der Waals surface area contributed by atoms with E-state index in [9.17, 15) is 8.42 Å². The first kappa shape index (κ1) is 15.9. The van der Waals surface area contributed by atoms with E-state index in [0.717, 1.165) is 4.47 Å². The molecule has 7 heteroatoms. The van der Waals surface area contributed by atoms with Crippen molar-refractivity contribution in [2.24, 2.45) is 0 Å². The zero-order valence-electron chi connectivity index (χ0n) is 11.0. The zero-order chi connectivity index (χ0) is 14.6. The molecule has 0 atom stereocenters. The van der Waals surface area contributed by atoms with Crippen molar-refractivity contribution < 1.29 is 18.3 Å². The molecule has 112 valence electrons. The lowest BCUT2D eigenvalue weighted by molar-refractivity contribution is 0.00318. The molecule has 1 fully saturated rings. The second-order valence-corrected chi connectivity index (χ2v) is 7.51. The van der Waals surface area contributed by atoms with Crippen molar-refractivity contribution in [2.45, 2.75) is 23.8 Å². The fraction of sp³-hybridized carbons (Fsp3) is 0.538. The Morgan fingerprint density at radius 3 is 2.40 bits per heavy atom. The van der Waals surface area contributed by atoms with Crippen molar-refractivity contribution in [2.75, 3.05) is 26.3 Å². The van der Waals surface area contributed by atoms with E-state index in [-0.39, 0.29) is 12.7 Å². The van der Waals surface area contributed by atoms with Crippen LogP contribution in [0.2, 0.25) is 0 Å². The number of halogens is 1. The average Bonchev–Trinajstić information content (AvgIpc) is 2.46. The smallest absolute Gasteiger partial charge is 0.243 e. The third-order valence-corrected chi connectivity index (χ3v) is 5.74. The Bertz CT molecular complexity index is 524. The predicted molar refractivity (Wildman–Crippen MR) is 79.0 cm³/mol. The Morgan fingerprint density at radius 2 is 1.85 bits per heavy atom. The van der Waals surface area contributed by atoms with Gasteiger partial charge in [-0.25, -0.2) is 8.42 Å². The molecule has 1 N–H and O–H groups in total. The van der Waals surface area contributed by atoms with E-state index in [1.54, 1.807) is 24.3 Å². The number of piperidine rings is 1. The fourth-order valence-corrected chi connectivity index (χ4v) is 3.95. The van der Waals surface area contributed by atoms with Crippen LogP contribution in [-0.4, -0.2) is 50.2 Å². The normalized spacial score (nSPS) is 18.3. The Balaban J connectivity index is 2.00. The summed E-state index contributed by atoms with van der Waals surface area (Å²) in [5, 5.41) is 8.71. The Kier molecular flexibility index (Phi) is 5.57. The highest BCUT2D eigenvalue weighted by molar-refractivity contribution is 9.10. The van der Waals surface area contributed by atoms with Crippen LogP contribution in [0.25, 0.3) is 0 Å². The van der Waals surface area contributed by atoms with Crippen molar-refractivity contribution in [3.63, 3.8) is 0 Å². The van der Waals surface area contributed by atoms with Gasteiger partial charge in [-0.3, -0.25) is 0 Å². The summed E-state index contributed by atoms with van der Waals surface area (Å²) in [7, 11) is -3.42. The molecule has 0 spiro atoms. The maximum Gasteiger partial charge on any atom is 0.243 e. The Labute approximate surface area is 127 Å². The molecule has 5 nitrogen and oxygen atoms in total. The van der Waals surface area contributed by atoms with Gasteiger partial charge < -0.3 is 9.84 Å². The Morgan fingerprint density at radius 1 is 1.25 bits per heavy atom. The SMILES string of the molecule is O=S(=O)(c1ccc(Br)cc1)N1CCC(OCCO)CC1. The first-order valence-corrected chi connectivity index (χ1v) is 8.75. The van der Waals surface area contributed by atoms with E-state index in [1.165, 1.54) is 4.31 Å². The standard InChI is InChI=1S/C13H18BrNO4S/c14-11-1-3-13(4-2-11)20(17,18)15-7-5-12(6-8-15)19-10-9-16/h1-4,12,16H,5-10H2. The van der Waals surface area contributed by atoms with Crippen LogP contribution in [0.3, 0.4) is 0 Å². The van der Waals surface area contributed by atoms with E-state index < -0.39 is 10.0 Å². The van der Waals surface area contributed by atoms with Gasteiger partial charge in [0.1, 0.15) is 0 Å². The number of rotatable bonds is 5. The lowest BCUT2D eigenvalue weighted by Gasteiger charge is -2.31. The molecule has 0 aromatic heterocycles. The van der Waals surface area contributed by atoms with Crippen molar-refractivity contribution in [3.8, 4) is 0 Å². The van der Waals surface area contributed by atoms with Crippen LogP contribution in [0.1, 0.15) is 12.8 Å². The van der Waals surface area contributed by atoms with E-state index in [2.05, 4.69) is 15.9 Å². The largest absolute Gasteiger partial charge is 0.394 e. The molecule has 0 aliphatic carbocycles. The lowest BCUT2D eigenvalue weighted by atomic mass is 10.1. The van der Waals surface area contributed by atoms with Gasteiger partial charge in [-0.05, 0) is 37.1 Å². The summed E-state index contributed by atoms with van der Waals surface area (Å²) in [6, 6.07) is 6.66. The molecule has 20 heavy (non-hydrogen) atoms. The predicted octanol–water partition coefficient (Wildman–Crippen LogP) is 1.61. The molecule has 1 saturated heterocycles. The molecular weight excluding hydrogens is 346 g/mol. The molecule has 0 saturated carbocycles. The molecule has 0 unspecified atom stereocenters. The molecule has 1 aromatic rings. The van der Waals surface area contributed by atoms with Gasteiger partial charge >= 0.3 is 0 Å². The van der Waals surface area contributed by atoms with E-state index in [4.69, 9.17) is 9.84 Å². The highest BCUT2D eigenvalue weighted by atomic mass is 79.9. The summed E-state index contributed by atoms with van der Waals surface area (Å²) in [6.45, 7) is 1.21. The highest BCUT2D eigenvalue weighted by Crippen LogP contribution is 2.23. The van der Waals surface area contributed by atoms with Gasteiger partial charge in [0.25, 0.3) is 0 Å². The average molecular weight is 364 g/mol. The summed E-state index contributed by atoms with van der Waals surface area (Å²) in [5.74, 6) is 0. The lowest BCUT2D eigenvalue weighted by Crippen LogP contribution is -2.41. The number of hydrogen-bond donors (Lipinski definition) is 1. The number of aliphatic hydroxyl groups excluding tert-OH is 1. The minimum absolute atomic E-state index is 0.00257. The van der Waals surface area contributed by atoms with E-state index >= 15 is 0 Å². The molecule has 2 rings (SSSR count). The van der Waals surface area contributed by atoms with Crippen LogP contribution in [0.5, 0.6) is 0 Å². The first-order valence-electron chi connectivity index (χ1n) is 6.52. The van der Waals surface area contributed by atoms with E-state index in [1.807, 2.05) is 0 Å².